The van der Waals surface area contributed by atoms with Crippen molar-refractivity contribution in [1.29, 1.82) is 0 Å². The Labute approximate surface area is 132 Å². The topological polar surface area (TPSA) is 15.3 Å². The summed E-state index contributed by atoms with van der Waals surface area (Å²) in [6.45, 7) is 3.53. The number of benzene rings is 2. The van der Waals surface area contributed by atoms with E-state index in [0.717, 1.165) is 18.6 Å². The highest BCUT2D eigenvalue weighted by atomic mass is 35.5. The first-order chi connectivity index (χ1) is 9.88. The SMILES string of the molecule is Cl.c1ccc2c(CN3CCC4CCC(C3)N4)cccc2c1. The van der Waals surface area contributed by atoms with Crippen LogP contribution in [0.5, 0.6) is 0 Å². The van der Waals surface area contributed by atoms with Gasteiger partial charge < -0.3 is 5.32 Å². The molecule has 4 rings (SSSR count). The van der Waals surface area contributed by atoms with E-state index in [9.17, 15) is 0 Å². The van der Waals surface area contributed by atoms with Crippen LogP contribution in [0, 0.1) is 0 Å². The lowest BCUT2D eigenvalue weighted by Gasteiger charge is -2.24. The van der Waals surface area contributed by atoms with Crippen LogP contribution in [-0.4, -0.2) is 30.1 Å². The molecular weight excluding hydrogens is 280 g/mol. The van der Waals surface area contributed by atoms with Gasteiger partial charge in [-0.3, -0.25) is 4.90 Å². The van der Waals surface area contributed by atoms with E-state index in [4.69, 9.17) is 0 Å². The summed E-state index contributed by atoms with van der Waals surface area (Å²) in [4.78, 5) is 2.64. The minimum absolute atomic E-state index is 0. The normalized spacial score (nSPS) is 25.5. The van der Waals surface area contributed by atoms with E-state index in [1.807, 2.05) is 0 Å². The van der Waals surface area contributed by atoms with Crippen molar-refractivity contribution in [3.05, 3.63) is 48.0 Å². The molecule has 1 N–H and O–H groups in total. The Morgan fingerprint density at radius 1 is 0.952 bits per heavy atom. The molecule has 2 unspecified atom stereocenters. The zero-order valence-corrected chi connectivity index (χ0v) is 13.1. The van der Waals surface area contributed by atoms with Crippen molar-refractivity contribution < 1.29 is 0 Å². The zero-order valence-electron chi connectivity index (χ0n) is 12.3. The average molecular weight is 303 g/mol. The summed E-state index contributed by atoms with van der Waals surface area (Å²) in [6, 6.07) is 16.9. The summed E-state index contributed by atoms with van der Waals surface area (Å²) in [5, 5.41) is 6.54. The minimum Gasteiger partial charge on any atom is -0.310 e. The fourth-order valence-corrected chi connectivity index (χ4v) is 3.83. The van der Waals surface area contributed by atoms with E-state index in [1.165, 1.54) is 48.7 Å². The lowest BCUT2D eigenvalue weighted by molar-refractivity contribution is 0.252. The molecule has 0 saturated carbocycles. The van der Waals surface area contributed by atoms with E-state index in [1.54, 1.807) is 0 Å². The summed E-state index contributed by atoms with van der Waals surface area (Å²) in [7, 11) is 0. The number of nitrogens with zero attached hydrogens (tertiary/aromatic N) is 1. The monoisotopic (exact) mass is 302 g/mol. The fraction of sp³-hybridized carbons (Fsp3) is 0.444. The van der Waals surface area contributed by atoms with Gasteiger partial charge in [0.15, 0.2) is 0 Å². The molecule has 0 spiro atoms. The maximum absolute atomic E-state index is 3.76. The number of hydrogen-bond donors (Lipinski definition) is 1. The van der Waals surface area contributed by atoms with Crippen molar-refractivity contribution >= 4 is 23.2 Å². The van der Waals surface area contributed by atoms with Gasteiger partial charge in [-0.15, -0.1) is 12.4 Å². The molecule has 2 heterocycles. The van der Waals surface area contributed by atoms with E-state index < -0.39 is 0 Å². The molecule has 2 atom stereocenters. The van der Waals surface area contributed by atoms with Gasteiger partial charge in [0.1, 0.15) is 0 Å². The molecule has 2 aromatic carbocycles. The van der Waals surface area contributed by atoms with Gasteiger partial charge in [-0.1, -0.05) is 42.5 Å². The van der Waals surface area contributed by atoms with E-state index in [0.29, 0.717) is 0 Å². The van der Waals surface area contributed by atoms with Crippen LogP contribution in [0.3, 0.4) is 0 Å². The first-order valence-electron chi connectivity index (χ1n) is 7.83. The van der Waals surface area contributed by atoms with Crippen LogP contribution in [0.4, 0.5) is 0 Å². The average Bonchev–Trinajstić information content (AvgIpc) is 2.82. The van der Waals surface area contributed by atoms with Crippen molar-refractivity contribution in [3.63, 3.8) is 0 Å². The Bertz CT molecular complexity index is 608. The lowest BCUT2D eigenvalue weighted by atomic mass is 10.0. The molecule has 2 saturated heterocycles. The van der Waals surface area contributed by atoms with Crippen LogP contribution in [0.2, 0.25) is 0 Å². The van der Waals surface area contributed by atoms with Crippen molar-refractivity contribution in [2.24, 2.45) is 0 Å². The summed E-state index contributed by atoms with van der Waals surface area (Å²) in [5.41, 5.74) is 1.47. The van der Waals surface area contributed by atoms with Crippen LogP contribution >= 0.6 is 12.4 Å². The van der Waals surface area contributed by atoms with Gasteiger partial charge in [-0.05, 0) is 35.6 Å². The van der Waals surface area contributed by atoms with E-state index in [-0.39, 0.29) is 12.4 Å². The second-order valence-corrected chi connectivity index (χ2v) is 6.30. The molecule has 2 aliphatic heterocycles. The molecule has 2 nitrogen and oxygen atoms in total. The van der Waals surface area contributed by atoms with Gasteiger partial charge in [0.05, 0.1) is 0 Å². The minimum atomic E-state index is 0. The highest BCUT2D eigenvalue weighted by Crippen LogP contribution is 2.24. The molecule has 112 valence electrons. The fourth-order valence-electron chi connectivity index (χ4n) is 3.83. The largest absolute Gasteiger partial charge is 0.310 e. The van der Waals surface area contributed by atoms with Gasteiger partial charge in [-0.25, -0.2) is 0 Å². The first kappa shape index (κ1) is 14.8. The van der Waals surface area contributed by atoms with E-state index >= 15 is 0 Å². The Morgan fingerprint density at radius 3 is 2.71 bits per heavy atom. The highest BCUT2D eigenvalue weighted by molar-refractivity contribution is 5.85. The van der Waals surface area contributed by atoms with Crippen molar-refractivity contribution in [2.75, 3.05) is 13.1 Å². The maximum atomic E-state index is 3.76. The van der Waals surface area contributed by atoms with Crippen LogP contribution in [0.25, 0.3) is 10.8 Å². The van der Waals surface area contributed by atoms with Crippen molar-refractivity contribution in [1.82, 2.24) is 10.2 Å². The zero-order chi connectivity index (χ0) is 13.4. The standard InChI is InChI=1S/C18H22N2.ClH/c1-2-7-18-14(4-1)5-3-6-15(18)12-20-11-10-16-8-9-17(13-20)19-16;/h1-7,16-17,19H,8-13H2;1H. The predicted molar refractivity (Wildman–Crippen MR) is 91.0 cm³/mol. The molecular formula is C18H23ClN2. The summed E-state index contributed by atoms with van der Waals surface area (Å²) < 4.78 is 0. The third-order valence-electron chi connectivity index (χ3n) is 4.88. The van der Waals surface area contributed by atoms with Gasteiger partial charge in [0.2, 0.25) is 0 Å². The smallest absolute Gasteiger partial charge is 0.0240 e. The van der Waals surface area contributed by atoms with Gasteiger partial charge in [-0.2, -0.15) is 0 Å². The van der Waals surface area contributed by atoms with Gasteiger partial charge in [0, 0.05) is 31.7 Å². The quantitative estimate of drug-likeness (QED) is 0.912. The number of nitrogens with one attached hydrogen (secondary N) is 1. The van der Waals surface area contributed by atoms with Gasteiger partial charge in [0.25, 0.3) is 0 Å². The molecule has 0 amide bonds. The number of hydrogen-bond acceptors (Lipinski definition) is 2. The van der Waals surface area contributed by atoms with E-state index in [2.05, 4.69) is 52.7 Å². The number of rotatable bonds is 2. The molecule has 3 heteroatoms. The second-order valence-electron chi connectivity index (χ2n) is 6.30. The van der Waals surface area contributed by atoms with Crippen LogP contribution < -0.4 is 5.32 Å². The molecule has 2 aromatic rings. The summed E-state index contributed by atoms with van der Waals surface area (Å²) in [5.74, 6) is 0. The highest BCUT2D eigenvalue weighted by Gasteiger charge is 2.29. The van der Waals surface area contributed by atoms with Crippen LogP contribution in [0.15, 0.2) is 42.5 Å². The second kappa shape index (κ2) is 6.35. The van der Waals surface area contributed by atoms with Gasteiger partial charge >= 0.3 is 0 Å². The van der Waals surface area contributed by atoms with Crippen LogP contribution in [0.1, 0.15) is 24.8 Å². The number of likely N-dealkylation sites (tertiary alicyclic amines) is 1. The predicted octanol–water partition coefficient (Wildman–Crippen LogP) is 3.59. The Kier molecular flexibility index (Phi) is 4.48. The molecule has 2 fully saturated rings. The maximum Gasteiger partial charge on any atom is 0.0240 e. The third-order valence-corrected chi connectivity index (χ3v) is 4.88. The molecule has 0 radical (unpaired) electrons. The Balaban J connectivity index is 0.00000132. The molecule has 0 aliphatic carbocycles. The third kappa shape index (κ3) is 3.08. The van der Waals surface area contributed by atoms with Crippen molar-refractivity contribution in [3.8, 4) is 0 Å². The van der Waals surface area contributed by atoms with Crippen molar-refractivity contribution in [2.45, 2.75) is 37.9 Å². The number of halogens is 1. The molecule has 2 bridgehead atoms. The molecule has 21 heavy (non-hydrogen) atoms. The first-order valence-corrected chi connectivity index (χ1v) is 7.83. The lowest BCUT2D eigenvalue weighted by Crippen LogP contribution is -2.34. The molecule has 0 aromatic heterocycles. The summed E-state index contributed by atoms with van der Waals surface area (Å²) >= 11 is 0. The summed E-state index contributed by atoms with van der Waals surface area (Å²) in [6.07, 6.45) is 4.05. The van der Waals surface area contributed by atoms with Crippen LogP contribution in [-0.2, 0) is 6.54 Å². The Hall–Kier alpha value is -1.09. The Morgan fingerprint density at radius 2 is 1.76 bits per heavy atom. The molecule has 2 aliphatic rings. The number of fused-ring (bicyclic) bond motifs is 3.